The van der Waals surface area contributed by atoms with Gasteiger partial charge in [-0.2, -0.15) is 0 Å². The largest absolute Gasteiger partial charge is 0.455 e. The van der Waals surface area contributed by atoms with Crippen molar-refractivity contribution in [2.24, 2.45) is 0 Å². The summed E-state index contributed by atoms with van der Waals surface area (Å²) in [5.41, 5.74) is 12.2. The van der Waals surface area contributed by atoms with Crippen LogP contribution in [0.5, 0.6) is 0 Å². The molecule has 1 aromatic heterocycles. The van der Waals surface area contributed by atoms with E-state index in [9.17, 15) is 0 Å². The highest BCUT2D eigenvalue weighted by molar-refractivity contribution is 6.09. The Morgan fingerprint density at radius 2 is 0.769 bits per heavy atom. The molecule has 0 aliphatic rings. The number of hydrogen-bond acceptors (Lipinski definition) is 2. The zero-order valence-electron chi connectivity index (χ0n) is 28.4. The maximum absolute atomic E-state index is 6.39. The van der Waals surface area contributed by atoms with Crippen molar-refractivity contribution in [1.82, 2.24) is 0 Å². The second-order valence-electron chi connectivity index (χ2n) is 13.3. The van der Waals surface area contributed by atoms with E-state index in [4.69, 9.17) is 4.42 Å². The summed E-state index contributed by atoms with van der Waals surface area (Å²) in [7, 11) is 0. The molecule has 0 aliphatic carbocycles. The van der Waals surface area contributed by atoms with Crippen LogP contribution in [0.4, 0.5) is 17.1 Å². The van der Waals surface area contributed by atoms with Crippen LogP contribution in [0.2, 0.25) is 0 Å². The molecule has 0 bridgehead atoms. The van der Waals surface area contributed by atoms with Gasteiger partial charge in [-0.15, -0.1) is 0 Å². The highest BCUT2D eigenvalue weighted by atomic mass is 16.3. The minimum atomic E-state index is 0.910. The van der Waals surface area contributed by atoms with Crippen LogP contribution in [-0.4, -0.2) is 0 Å². The number of nitrogens with zero attached hydrogens (tertiary/aromatic N) is 1. The standard InChI is InChI=1S/C50H33NO/c1-3-14-42-36(10-1)12-7-17-43(42)38-24-22-34(23-25-38)35-26-30-40(31-27-35)51(48-20-8-13-37-11-2-4-15-44(37)48)41-32-28-39(29-33-41)45-18-9-19-47-46-16-5-6-21-49(46)52-50(45)47/h1-33H. The number of rotatable bonds is 6. The summed E-state index contributed by atoms with van der Waals surface area (Å²) in [6.07, 6.45) is 0. The van der Waals surface area contributed by atoms with Gasteiger partial charge in [0.05, 0.1) is 5.69 Å². The molecule has 10 aromatic rings. The number of anilines is 3. The lowest BCUT2D eigenvalue weighted by Crippen LogP contribution is -2.10. The molecule has 0 unspecified atom stereocenters. The molecule has 2 heteroatoms. The highest BCUT2D eigenvalue weighted by Crippen LogP contribution is 2.42. The van der Waals surface area contributed by atoms with Gasteiger partial charge in [0.15, 0.2) is 0 Å². The molecule has 1 heterocycles. The van der Waals surface area contributed by atoms with Crippen molar-refractivity contribution < 1.29 is 4.42 Å². The molecule has 244 valence electrons. The summed E-state index contributed by atoms with van der Waals surface area (Å²) in [6.45, 7) is 0. The Balaban J connectivity index is 1.02. The Morgan fingerprint density at radius 1 is 0.308 bits per heavy atom. The Kier molecular flexibility index (Phi) is 7.18. The van der Waals surface area contributed by atoms with Crippen molar-refractivity contribution in [3.05, 3.63) is 200 Å². The van der Waals surface area contributed by atoms with Gasteiger partial charge in [-0.05, 0) is 80.4 Å². The first-order valence-electron chi connectivity index (χ1n) is 17.8. The van der Waals surface area contributed by atoms with Crippen molar-refractivity contribution >= 4 is 60.5 Å². The molecule has 0 spiro atoms. The fourth-order valence-electron chi connectivity index (χ4n) is 7.72. The van der Waals surface area contributed by atoms with Crippen LogP contribution in [0.1, 0.15) is 0 Å². The number of furan rings is 1. The Hall–Kier alpha value is -6.90. The van der Waals surface area contributed by atoms with Crippen molar-refractivity contribution in [2.45, 2.75) is 0 Å². The van der Waals surface area contributed by atoms with E-state index in [0.29, 0.717) is 0 Å². The summed E-state index contributed by atoms with van der Waals surface area (Å²) in [5.74, 6) is 0. The zero-order chi connectivity index (χ0) is 34.4. The maximum Gasteiger partial charge on any atom is 0.143 e. The van der Waals surface area contributed by atoms with Crippen molar-refractivity contribution in [2.75, 3.05) is 4.90 Å². The van der Waals surface area contributed by atoms with E-state index in [-0.39, 0.29) is 0 Å². The molecule has 0 atom stereocenters. The van der Waals surface area contributed by atoms with E-state index in [1.165, 1.54) is 43.8 Å². The van der Waals surface area contributed by atoms with Crippen LogP contribution < -0.4 is 4.90 Å². The molecular formula is C50H33NO. The number of para-hydroxylation sites is 2. The van der Waals surface area contributed by atoms with Gasteiger partial charge in [-0.1, -0.05) is 164 Å². The fraction of sp³-hybridized carbons (Fsp3) is 0. The molecular weight excluding hydrogens is 631 g/mol. The summed E-state index contributed by atoms with van der Waals surface area (Å²) in [5, 5.41) is 7.22. The molecule has 0 fully saturated rings. The van der Waals surface area contributed by atoms with Gasteiger partial charge in [0, 0.05) is 33.1 Å². The van der Waals surface area contributed by atoms with E-state index in [1.54, 1.807) is 0 Å². The lowest BCUT2D eigenvalue weighted by Gasteiger charge is -2.27. The van der Waals surface area contributed by atoms with E-state index in [1.807, 2.05) is 12.1 Å². The Morgan fingerprint density at radius 3 is 1.50 bits per heavy atom. The summed E-state index contributed by atoms with van der Waals surface area (Å²) < 4.78 is 6.39. The minimum absolute atomic E-state index is 0.910. The number of hydrogen-bond donors (Lipinski definition) is 0. The van der Waals surface area contributed by atoms with Gasteiger partial charge in [-0.25, -0.2) is 0 Å². The maximum atomic E-state index is 6.39. The smallest absolute Gasteiger partial charge is 0.143 e. The molecule has 0 aliphatic heterocycles. The first kappa shape index (κ1) is 30.0. The minimum Gasteiger partial charge on any atom is -0.455 e. The third-order valence-electron chi connectivity index (χ3n) is 10.3. The highest BCUT2D eigenvalue weighted by Gasteiger charge is 2.17. The van der Waals surface area contributed by atoms with Gasteiger partial charge in [0.2, 0.25) is 0 Å². The number of benzene rings is 9. The molecule has 10 rings (SSSR count). The van der Waals surface area contributed by atoms with Gasteiger partial charge in [0.25, 0.3) is 0 Å². The predicted octanol–water partition coefficient (Wildman–Crippen LogP) is 14.4. The van der Waals surface area contributed by atoms with Crippen LogP contribution in [0.3, 0.4) is 0 Å². The Bertz CT molecular complexity index is 2870. The molecule has 9 aromatic carbocycles. The third kappa shape index (κ3) is 5.12. The summed E-state index contributed by atoms with van der Waals surface area (Å²) in [6, 6.07) is 71.7. The average Bonchev–Trinajstić information content (AvgIpc) is 3.61. The Labute approximate surface area is 302 Å². The molecule has 0 saturated heterocycles. The molecule has 0 saturated carbocycles. The van der Waals surface area contributed by atoms with Gasteiger partial charge < -0.3 is 9.32 Å². The molecule has 2 nitrogen and oxygen atoms in total. The van der Waals surface area contributed by atoms with E-state index >= 15 is 0 Å². The normalized spacial score (nSPS) is 11.5. The van der Waals surface area contributed by atoms with Gasteiger partial charge >= 0.3 is 0 Å². The van der Waals surface area contributed by atoms with Gasteiger partial charge in [0.1, 0.15) is 11.2 Å². The predicted molar refractivity (Wildman–Crippen MR) is 220 cm³/mol. The van der Waals surface area contributed by atoms with Crippen LogP contribution in [0.25, 0.3) is 76.9 Å². The monoisotopic (exact) mass is 663 g/mol. The van der Waals surface area contributed by atoms with E-state index in [2.05, 4.69) is 193 Å². The average molecular weight is 664 g/mol. The van der Waals surface area contributed by atoms with Crippen LogP contribution in [-0.2, 0) is 0 Å². The number of fused-ring (bicyclic) bond motifs is 5. The topological polar surface area (TPSA) is 16.4 Å². The van der Waals surface area contributed by atoms with Gasteiger partial charge in [-0.3, -0.25) is 0 Å². The first-order chi connectivity index (χ1) is 25.8. The molecule has 0 N–H and O–H groups in total. The SMILES string of the molecule is c1ccc2c(-c3ccc(-c4ccc(N(c5ccc(-c6cccc7c6oc6ccccc67)cc5)c5cccc6ccccc56)cc4)cc3)cccc2c1. The first-order valence-corrected chi connectivity index (χ1v) is 17.8. The lowest BCUT2D eigenvalue weighted by molar-refractivity contribution is 0.670. The molecule has 0 radical (unpaired) electrons. The van der Waals surface area contributed by atoms with E-state index in [0.717, 1.165) is 50.1 Å². The zero-order valence-corrected chi connectivity index (χ0v) is 28.4. The second-order valence-corrected chi connectivity index (χ2v) is 13.3. The van der Waals surface area contributed by atoms with Crippen molar-refractivity contribution in [3.63, 3.8) is 0 Å². The van der Waals surface area contributed by atoms with Crippen LogP contribution in [0, 0.1) is 0 Å². The van der Waals surface area contributed by atoms with Crippen LogP contribution >= 0.6 is 0 Å². The van der Waals surface area contributed by atoms with Crippen LogP contribution in [0.15, 0.2) is 205 Å². The second kappa shape index (κ2) is 12.5. The summed E-state index contributed by atoms with van der Waals surface area (Å²) >= 11 is 0. The fourth-order valence-corrected chi connectivity index (χ4v) is 7.72. The summed E-state index contributed by atoms with van der Waals surface area (Å²) in [4.78, 5) is 2.36. The third-order valence-corrected chi connectivity index (χ3v) is 10.3. The molecule has 0 amide bonds. The quantitative estimate of drug-likeness (QED) is 0.176. The van der Waals surface area contributed by atoms with Crippen molar-refractivity contribution in [3.8, 4) is 33.4 Å². The van der Waals surface area contributed by atoms with Crippen molar-refractivity contribution in [1.29, 1.82) is 0 Å². The van der Waals surface area contributed by atoms with E-state index < -0.39 is 0 Å². The lowest BCUT2D eigenvalue weighted by atomic mass is 9.96. The molecule has 52 heavy (non-hydrogen) atoms.